The molecule has 0 aliphatic carbocycles. The van der Waals surface area contributed by atoms with Gasteiger partial charge in [0.25, 0.3) is 0 Å². The summed E-state index contributed by atoms with van der Waals surface area (Å²) in [4.78, 5) is 20.3. The zero-order valence-electron chi connectivity index (χ0n) is 15.2. The second kappa shape index (κ2) is 9.27. The SMILES string of the molecule is CN(C)CC1COC(c2ccccc2)(c2ccccc2)O1.O=C(O)C(=O)O. The first-order valence-corrected chi connectivity index (χ1v) is 8.39. The number of nitrogens with zero attached hydrogens (tertiary/aromatic N) is 1. The maximum Gasteiger partial charge on any atom is 0.414 e. The first-order valence-electron chi connectivity index (χ1n) is 8.39. The van der Waals surface area contributed by atoms with E-state index in [4.69, 9.17) is 29.3 Å². The highest BCUT2D eigenvalue weighted by Crippen LogP contribution is 2.40. The standard InChI is InChI=1S/C18H21NO2.C2H2O4/c1-19(2)13-17-14-20-18(21-17,15-9-5-3-6-10-15)16-11-7-4-8-12-16;3-1(4)2(5)6/h3-12,17H,13-14H2,1-2H3;(H,3,4)(H,5,6). The third kappa shape index (κ3) is 5.37. The molecule has 2 aromatic carbocycles. The first kappa shape index (κ1) is 20.6. The molecule has 7 heteroatoms. The molecule has 0 spiro atoms. The van der Waals surface area contributed by atoms with E-state index in [1.54, 1.807) is 0 Å². The molecule has 2 aromatic rings. The van der Waals surface area contributed by atoms with Gasteiger partial charge in [0.2, 0.25) is 5.79 Å². The summed E-state index contributed by atoms with van der Waals surface area (Å²) in [5.41, 5.74) is 2.08. The van der Waals surface area contributed by atoms with Gasteiger partial charge < -0.3 is 24.6 Å². The molecule has 0 bridgehead atoms. The fraction of sp³-hybridized carbons (Fsp3) is 0.300. The Hall–Kier alpha value is -2.74. The Morgan fingerprint density at radius 2 is 1.41 bits per heavy atom. The molecule has 0 aromatic heterocycles. The number of hydrogen-bond donors (Lipinski definition) is 2. The van der Waals surface area contributed by atoms with Crippen LogP contribution in [0.3, 0.4) is 0 Å². The fourth-order valence-corrected chi connectivity index (χ4v) is 2.79. The van der Waals surface area contributed by atoms with E-state index in [0.29, 0.717) is 6.61 Å². The van der Waals surface area contributed by atoms with Gasteiger partial charge in [-0.25, -0.2) is 9.59 Å². The zero-order chi connectivity index (χ0) is 19.9. The maximum atomic E-state index is 9.10. The monoisotopic (exact) mass is 373 g/mol. The molecule has 144 valence electrons. The van der Waals surface area contributed by atoms with E-state index in [1.807, 2.05) is 50.5 Å². The van der Waals surface area contributed by atoms with Gasteiger partial charge >= 0.3 is 11.9 Å². The largest absolute Gasteiger partial charge is 0.473 e. The summed E-state index contributed by atoms with van der Waals surface area (Å²) < 4.78 is 12.5. The van der Waals surface area contributed by atoms with Crippen molar-refractivity contribution in [3.8, 4) is 0 Å². The highest BCUT2D eigenvalue weighted by Gasteiger charge is 2.44. The van der Waals surface area contributed by atoms with Crippen LogP contribution in [0.15, 0.2) is 60.7 Å². The zero-order valence-corrected chi connectivity index (χ0v) is 15.2. The lowest BCUT2D eigenvalue weighted by Gasteiger charge is -2.29. The van der Waals surface area contributed by atoms with Gasteiger partial charge in [-0.05, 0) is 14.1 Å². The molecule has 1 saturated heterocycles. The van der Waals surface area contributed by atoms with Gasteiger partial charge in [-0.1, -0.05) is 60.7 Å². The fourth-order valence-electron chi connectivity index (χ4n) is 2.79. The van der Waals surface area contributed by atoms with Crippen LogP contribution in [-0.4, -0.2) is 60.4 Å². The van der Waals surface area contributed by atoms with Gasteiger partial charge in [0, 0.05) is 17.7 Å². The Labute approximate surface area is 157 Å². The molecule has 1 atom stereocenters. The minimum Gasteiger partial charge on any atom is -0.473 e. The van der Waals surface area contributed by atoms with Gasteiger partial charge in [-0.15, -0.1) is 0 Å². The average Bonchev–Trinajstić information content (AvgIpc) is 3.08. The number of benzene rings is 2. The van der Waals surface area contributed by atoms with Crippen LogP contribution in [0.25, 0.3) is 0 Å². The summed E-state index contributed by atoms with van der Waals surface area (Å²) >= 11 is 0. The molecule has 1 aliphatic rings. The van der Waals surface area contributed by atoms with Crippen molar-refractivity contribution in [2.45, 2.75) is 11.9 Å². The molecule has 1 unspecified atom stereocenters. The lowest BCUT2D eigenvalue weighted by molar-refractivity contribution is -0.159. The molecular weight excluding hydrogens is 350 g/mol. The molecule has 2 N–H and O–H groups in total. The van der Waals surface area contributed by atoms with Crippen LogP contribution in [-0.2, 0) is 24.8 Å². The summed E-state index contributed by atoms with van der Waals surface area (Å²) in [5, 5.41) is 14.8. The third-order valence-electron chi connectivity index (χ3n) is 3.86. The minimum absolute atomic E-state index is 0.0698. The van der Waals surface area contributed by atoms with Crippen molar-refractivity contribution >= 4 is 11.9 Å². The number of hydrogen-bond acceptors (Lipinski definition) is 5. The number of aliphatic carboxylic acids is 2. The summed E-state index contributed by atoms with van der Waals surface area (Å²) in [6, 6.07) is 20.3. The molecule has 1 heterocycles. The summed E-state index contributed by atoms with van der Waals surface area (Å²) in [7, 11) is 4.10. The van der Waals surface area contributed by atoms with Crippen LogP contribution in [0.2, 0.25) is 0 Å². The van der Waals surface area contributed by atoms with Crippen molar-refractivity contribution in [3.05, 3.63) is 71.8 Å². The highest BCUT2D eigenvalue weighted by atomic mass is 16.7. The topological polar surface area (TPSA) is 96.3 Å². The second-order valence-electron chi connectivity index (χ2n) is 6.27. The number of rotatable bonds is 4. The summed E-state index contributed by atoms with van der Waals surface area (Å²) in [6.07, 6.45) is 0.0698. The van der Waals surface area contributed by atoms with E-state index < -0.39 is 17.7 Å². The van der Waals surface area contributed by atoms with Crippen LogP contribution < -0.4 is 0 Å². The summed E-state index contributed by atoms with van der Waals surface area (Å²) in [5.74, 6) is -4.44. The molecule has 0 saturated carbocycles. The van der Waals surface area contributed by atoms with E-state index in [2.05, 4.69) is 29.2 Å². The average molecular weight is 373 g/mol. The van der Waals surface area contributed by atoms with Gasteiger partial charge in [0.05, 0.1) is 12.7 Å². The Kier molecular flexibility index (Phi) is 7.06. The van der Waals surface area contributed by atoms with E-state index in [1.165, 1.54) is 0 Å². The predicted molar refractivity (Wildman–Crippen MR) is 98.3 cm³/mol. The van der Waals surface area contributed by atoms with Crippen molar-refractivity contribution in [1.82, 2.24) is 4.90 Å². The molecule has 0 radical (unpaired) electrons. The minimum atomic E-state index is -1.82. The normalized spacial score (nSPS) is 17.8. The van der Waals surface area contributed by atoms with Crippen LogP contribution in [0.1, 0.15) is 11.1 Å². The molecule has 27 heavy (non-hydrogen) atoms. The van der Waals surface area contributed by atoms with Crippen LogP contribution in [0.4, 0.5) is 0 Å². The van der Waals surface area contributed by atoms with E-state index in [-0.39, 0.29) is 6.10 Å². The van der Waals surface area contributed by atoms with Gasteiger partial charge in [0.15, 0.2) is 0 Å². The predicted octanol–water partition coefficient (Wildman–Crippen LogP) is 2.02. The Bertz CT molecular complexity index is 696. The molecule has 0 amide bonds. The van der Waals surface area contributed by atoms with Crippen molar-refractivity contribution < 1.29 is 29.3 Å². The lowest BCUT2D eigenvalue weighted by Crippen LogP contribution is -2.32. The molecule has 3 rings (SSSR count). The van der Waals surface area contributed by atoms with Gasteiger partial charge in [-0.3, -0.25) is 0 Å². The number of carboxylic acid groups (broad SMARTS) is 2. The van der Waals surface area contributed by atoms with Crippen molar-refractivity contribution in [1.29, 1.82) is 0 Å². The number of carboxylic acids is 2. The maximum absolute atomic E-state index is 9.10. The number of ether oxygens (including phenoxy) is 2. The highest BCUT2D eigenvalue weighted by molar-refractivity contribution is 6.27. The summed E-state index contributed by atoms with van der Waals surface area (Å²) in [6.45, 7) is 1.45. The van der Waals surface area contributed by atoms with E-state index >= 15 is 0 Å². The molecule has 7 nitrogen and oxygen atoms in total. The Morgan fingerprint density at radius 1 is 0.963 bits per heavy atom. The number of likely N-dealkylation sites (N-methyl/N-ethyl adjacent to an activating group) is 1. The van der Waals surface area contributed by atoms with Gasteiger partial charge in [0.1, 0.15) is 0 Å². The molecule has 1 aliphatic heterocycles. The van der Waals surface area contributed by atoms with Gasteiger partial charge in [-0.2, -0.15) is 0 Å². The van der Waals surface area contributed by atoms with Crippen molar-refractivity contribution in [2.24, 2.45) is 0 Å². The molecule has 1 fully saturated rings. The van der Waals surface area contributed by atoms with E-state index in [9.17, 15) is 0 Å². The smallest absolute Gasteiger partial charge is 0.414 e. The van der Waals surface area contributed by atoms with Crippen LogP contribution in [0.5, 0.6) is 0 Å². The van der Waals surface area contributed by atoms with Crippen molar-refractivity contribution in [2.75, 3.05) is 27.2 Å². The van der Waals surface area contributed by atoms with E-state index in [0.717, 1.165) is 17.7 Å². The quantitative estimate of drug-likeness (QED) is 0.792. The van der Waals surface area contributed by atoms with Crippen LogP contribution >= 0.6 is 0 Å². The Morgan fingerprint density at radius 3 is 1.78 bits per heavy atom. The second-order valence-corrected chi connectivity index (χ2v) is 6.27. The van der Waals surface area contributed by atoms with Crippen LogP contribution in [0, 0.1) is 0 Å². The third-order valence-corrected chi connectivity index (χ3v) is 3.86. The van der Waals surface area contributed by atoms with Crippen molar-refractivity contribution in [3.63, 3.8) is 0 Å². The number of carbonyl (C=O) groups is 2. The first-order chi connectivity index (χ1) is 12.8. The molecular formula is C20H23NO6. The lowest BCUT2D eigenvalue weighted by atomic mass is 9.97. The Balaban J connectivity index is 0.000000380.